The number of carbonyl (C=O) groups excluding carboxylic acids is 1. The number of carbonyl (C=O) groups is 1. The van der Waals surface area contributed by atoms with Crippen LogP contribution in [0.5, 0.6) is 0 Å². The van der Waals surface area contributed by atoms with Gasteiger partial charge in [-0.2, -0.15) is 0 Å². The number of para-hydroxylation sites is 1. The van der Waals surface area contributed by atoms with Crippen molar-refractivity contribution in [3.05, 3.63) is 112 Å². The highest BCUT2D eigenvalue weighted by Gasteiger charge is 2.35. The van der Waals surface area contributed by atoms with Crippen molar-refractivity contribution in [2.24, 2.45) is 4.99 Å². The van der Waals surface area contributed by atoms with E-state index in [2.05, 4.69) is 10.3 Å². The number of benzene rings is 3. The summed E-state index contributed by atoms with van der Waals surface area (Å²) in [7, 11) is 0. The minimum atomic E-state index is -0.360. The van der Waals surface area contributed by atoms with Crippen LogP contribution in [0.25, 0.3) is 0 Å². The first-order valence-electron chi connectivity index (χ1n) is 9.89. The van der Waals surface area contributed by atoms with E-state index in [4.69, 9.17) is 11.6 Å². The van der Waals surface area contributed by atoms with Crippen molar-refractivity contribution in [3.8, 4) is 0 Å². The molecule has 0 unspecified atom stereocenters. The van der Waals surface area contributed by atoms with Crippen LogP contribution in [0.2, 0.25) is 5.02 Å². The van der Waals surface area contributed by atoms with Gasteiger partial charge in [0.25, 0.3) is 5.91 Å². The zero-order valence-corrected chi connectivity index (χ0v) is 18.2. The first-order chi connectivity index (χ1) is 15.1. The average molecular weight is 449 g/mol. The molecule has 0 bridgehead atoms. The van der Waals surface area contributed by atoms with Gasteiger partial charge in [-0.15, -0.1) is 0 Å². The monoisotopic (exact) mass is 448 g/mol. The van der Waals surface area contributed by atoms with Crippen molar-refractivity contribution in [2.75, 3.05) is 5.32 Å². The van der Waals surface area contributed by atoms with Crippen LogP contribution in [0.1, 0.15) is 11.1 Å². The predicted molar refractivity (Wildman–Crippen MR) is 129 cm³/mol. The third-order valence-electron chi connectivity index (χ3n) is 4.87. The minimum Gasteiger partial charge on any atom is -0.510 e. The van der Waals surface area contributed by atoms with E-state index in [0.29, 0.717) is 28.7 Å². The first kappa shape index (κ1) is 21.2. The number of hydrogen-bond acceptors (Lipinski definition) is 4. The van der Waals surface area contributed by atoms with Crippen LogP contribution in [-0.4, -0.2) is 21.3 Å². The van der Waals surface area contributed by atoms with Crippen molar-refractivity contribution in [3.63, 3.8) is 0 Å². The summed E-state index contributed by atoms with van der Waals surface area (Å²) in [6.07, 6.45) is 0.570. The lowest BCUT2D eigenvalue weighted by Crippen LogP contribution is -2.19. The molecular weight excluding hydrogens is 428 g/mol. The highest BCUT2D eigenvalue weighted by atomic mass is 35.5. The fourth-order valence-electron chi connectivity index (χ4n) is 3.28. The molecule has 4 rings (SSSR count). The smallest absolute Gasteiger partial charge is 0.261 e. The van der Waals surface area contributed by atoms with Gasteiger partial charge in [0.05, 0.1) is 11.8 Å². The lowest BCUT2D eigenvalue weighted by atomic mass is 10.1. The van der Waals surface area contributed by atoms with Gasteiger partial charge in [-0.1, -0.05) is 84.0 Å². The molecule has 156 valence electrons. The number of amides is 1. The standard InChI is InChI=1S/C25H21ClN2O2S/c26-19-13-11-17(12-14-19)15-21-23(29)22(24(30)28-20-9-5-2-6-10-20)25(31-21)27-16-18-7-3-1-4-8-18/h1-14,21,29H,15-16H2,(H,28,30)/t21-/m1/s1. The van der Waals surface area contributed by atoms with Gasteiger partial charge in [0.15, 0.2) is 0 Å². The van der Waals surface area contributed by atoms with Crippen LogP contribution in [0.3, 0.4) is 0 Å². The summed E-state index contributed by atoms with van der Waals surface area (Å²) >= 11 is 7.40. The average Bonchev–Trinajstić information content (AvgIpc) is 3.10. The molecule has 0 fully saturated rings. The number of aliphatic hydroxyl groups excluding tert-OH is 1. The second-order valence-electron chi connectivity index (χ2n) is 7.12. The molecule has 0 radical (unpaired) electrons. The molecule has 4 nitrogen and oxygen atoms in total. The Balaban J connectivity index is 1.60. The Hall–Kier alpha value is -3.02. The van der Waals surface area contributed by atoms with E-state index in [1.54, 1.807) is 0 Å². The van der Waals surface area contributed by atoms with E-state index < -0.39 is 0 Å². The lowest BCUT2D eigenvalue weighted by molar-refractivity contribution is -0.112. The van der Waals surface area contributed by atoms with Crippen molar-refractivity contribution in [1.82, 2.24) is 0 Å². The Morgan fingerprint density at radius 2 is 1.58 bits per heavy atom. The molecule has 0 spiro atoms. The molecule has 0 saturated heterocycles. The number of nitrogens with one attached hydrogen (secondary N) is 1. The Kier molecular flexibility index (Phi) is 6.75. The van der Waals surface area contributed by atoms with Gasteiger partial charge in [-0.25, -0.2) is 0 Å². The zero-order valence-electron chi connectivity index (χ0n) is 16.7. The van der Waals surface area contributed by atoms with Gasteiger partial charge < -0.3 is 10.4 Å². The maximum Gasteiger partial charge on any atom is 0.261 e. The van der Waals surface area contributed by atoms with Crippen molar-refractivity contribution < 1.29 is 9.90 Å². The zero-order chi connectivity index (χ0) is 21.6. The summed E-state index contributed by atoms with van der Waals surface area (Å²) in [4.78, 5) is 17.7. The number of aliphatic imine (C=N–C) groups is 1. The number of anilines is 1. The molecule has 0 aliphatic carbocycles. The molecule has 1 heterocycles. The van der Waals surface area contributed by atoms with E-state index in [0.717, 1.165) is 11.1 Å². The highest BCUT2D eigenvalue weighted by Crippen LogP contribution is 2.37. The van der Waals surface area contributed by atoms with Crippen LogP contribution >= 0.6 is 23.4 Å². The summed E-state index contributed by atoms with van der Waals surface area (Å²) in [5.41, 5.74) is 2.98. The van der Waals surface area contributed by atoms with Gasteiger partial charge in [0.1, 0.15) is 16.4 Å². The summed E-state index contributed by atoms with van der Waals surface area (Å²) < 4.78 is 0. The number of thioether (sulfide) groups is 1. The van der Waals surface area contributed by atoms with E-state index >= 15 is 0 Å². The van der Waals surface area contributed by atoms with Gasteiger partial charge in [0, 0.05) is 10.7 Å². The highest BCUT2D eigenvalue weighted by molar-refractivity contribution is 8.15. The summed E-state index contributed by atoms with van der Waals surface area (Å²) in [5.74, 6) is -0.304. The fraction of sp³-hybridized carbons (Fsp3) is 0.120. The summed E-state index contributed by atoms with van der Waals surface area (Å²) in [6, 6.07) is 26.5. The van der Waals surface area contributed by atoms with Crippen LogP contribution in [0, 0.1) is 0 Å². The molecule has 1 aliphatic heterocycles. The van der Waals surface area contributed by atoms with Crippen LogP contribution < -0.4 is 5.32 Å². The summed E-state index contributed by atoms with van der Waals surface area (Å²) in [6.45, 7) is 0.437. The predicted octanol–water partition coefficient (Wildman–Crippen LogP) is 6.05. The summed E-state index contributed by atoms with van der Waals surface area (Å²) in [5, 5.41) is 14.8. The van der Waals surface area contributed by atoms with E-state index in [1.807, 2.05) is 84.9 Å². The maximum atomic E-state index is 13.0. The van der Waals surface area contributed by atoms with Crippen LogP contribution in [0.4, 0.5) is 5.69 Å². The third-order valence-corrected chi connectivity index (χ3v) is 6.35. The van der Waals surface area contributed by atoms with Crippen molar-refractivity contribution in [2.45, 2.75) is 18.2 Å². The Morgan fingerprint density at radius 3 is 2.26 bits per heavy atom. The van der Waals surface area contributed by atoms with Gasteiger partial charge >= 0.3 is 0 Å². The number of aliphatic hydroxyl groups is 1. The largest absolute Gasteiger partial charge is 0.510 e. The minimum absolute atomic E-state index is 0.0557. The lowest BCUT2D eigenvalue weighted by Gasteiger charge is -2.09. The molecule has 0 aromatic heterocycles. The Bertz CT molecular complexity index is 1110. The molecule has 6 heteroatoms. The topological polar surface area (TPSA) is 61.7 Å². The van der Waals surface area contributed by atoms with Crippen LogP contribution in [-0.2, 0) is 17.8 Å². The van der Waals surface area contributed by atoms with E-state index in [9.17, 15) is 9.90 Å². The Morgan fingerprint density at radius 1 is 0.935 bits per heavy atom. The molecule has 3 aromatic rings. The van der Waals surface area contributed by atoms with Gasteiger partial charge in [0.2, 0.25) is 0 Å². The van der Waals surface area contributed by atoms with Crippen molar-refractivity contribution >= 4 is 40.0 Å². The number of halogens is 1. The third kappa shape index (κ3) is 5.37. The second kappa shape index (κ2) is 9.86. The number of hydrogen-bond donors (Lipinski definition) is 2. The fourth-order valence-corrected chi connectivity index (χ4v) is 4.64. The molecule has 1 aliphatic rings. The maximum absolute atomic E-state index is 13.0. The Labute approximate surface area is 190 Å². The first-order valence-corrected chi connectivity index (χ1v) is 11.2. The SMILES string of the molecule is O=C(Nc1ccccc1)C1=C(O)[C@@H](Cc2ccc(Cl)cc2)SC1=NCc1ccccc1. The van der Waals surface area contributed by atoms with Crippen molar-refractivity contribution in [1.29, 1.82) is 0 Å². The van der Waals surface area contributed by atoms with Gasteiger partial charge in [-0.05, 0) is 41.8 Å². The molecule has 1 atom stereocenters. The molecule has 0 saturated carbocycles. The quantitative estimate of drug-likeness (QED) is 0.482. The molecular formula is C25H21ClN2O2S. The normalized spacial score (nSPS) is 17.2. The second-order valence-corrected chi connectivity index (χ2v) is 8.75. The number of rotatable bonds is 6. The molecule has 2 N–H and O–H groups in total. The number of nitrogens with zero attached hydrogens (tertiary/aromatic N) is 1. The van der Waals surface area contributed by atoms with Crippen LogP contribution in [0.15, 0.2) is 101 Å². The molecule has 1 amide bonds. The van der Waals surface area contributed by atoms with E-state index in [1.165, 1.54) is 11.8 Å². The van der Waals surface area contributed by atoms with Gasteiger partial charge in [-0.3, -0.25) is 9.79 Å². The molecule has 3 aromatic carbocycles. The molecule has 31 heavy (non-hydrogen) atoms. The van der Waals surface area contributed by atoms with E-state index in [-0.39, 0.29) is 22.5 Å².